The van der Waals surface area contributed by atoms with E-state index in [-0.39, 0.29) is 5.82 Å². The van der Waals surface area contributed by atoms with Crippen molar-refractivity contribution in [2.75, 3.05) is 6.26 Å². The Bertz CT molecular complexity index is 450. The van der Waals surface area contributed by atoms with Crippen LogP contribution in [-0.2, 0) is 10.3 Å². The van der Waals surface area contributed by atoms with Crippen molar-refractivity contribution < 1.29 is 9.18 Å². The molecule has 2 rings (SSSR count). The lowest BCUT2D eigenvalue weighted by atomic mass is 9.72. The molecule has 1 aliphatic carbocycles. The van der Waals surface area contributed by atoms with E-state index in [9.17, 15) is 9.18 Å². The highest BCUT2D eigenvalue weighted by molar-refractivity contribution is 7.98. The van der Waals surface area contributed by atoms with Crippen LogP contribution in [0.3, 0.4) is 0 Å². The fraction of sp³-hybridized carbons (Fsp3) is 0.417. The van der Waals surface area contributed by atoms with Gasteiger partial charge >= 0.3 is 0 Å². The predicted octanol–water partition coefficient (Wildman–Crippen LogP) is 3.26. The Kier molecular flexibility index (Phi) is 3.13. The van der Waals surface area contributed by atoms with Crippen molar-refractivity contribution in [2.45, 2.75) is 29.7 Å². The number of carbonyl (C=O) groups excluding carboxylic acids is 1. The zero-order valence-electron chi connectivity index (χ0n) is 9.00. The lowest BCUT2D eigenvalue weighted by Gasteiger charge is -2.38. The van der Waals surface area contributed by atoms with E-state index >= 15 is 0 Å². The predicted molar refractivity (Wildman–Crippen MR) is 61.8 cm³/mol. The molecule has 1 saturated carbocycles. The zero-order chi connectivity index (χ0) is 11.6. The number of benzene rings is 1. The molecule has 0 aliphatic heterocycles. The molecule has 0 aromatic heterocycles. The number of thioether (sulfide) groups is 1. The maximum atomic E-state index is 13.6. The summed E-state index contributed by atoms with van der Waals surface area (Å²) in [4.78, 5) is 15.0. The van der Waals surface area contributed by atoms with Crippen molar-refractivity contribution in [3.63, 3.8) is 0 Å². The van der Waals surface area contributed by atoms with E-state index in [0.29, 0.717) is 4.90 Å². The second kappa shape index (κ2) is 4.40. The summed E-state index contributed by atoms with van der Waals surface area (Å²) in [5, 5.41) is 0. The van der Waals surface area contributed by atoms with Crippen LogP contribution in [0.2, 0.25) is 0 Å². The van der Waals surface area contributed by atoms with Gasteiger partial charge in [0.1, 0.15) is 5.82 Å². The molecule has 16 heavy (non-hydrogen) atoms. The molecule has 2 nitrogen and oxygen atoms in total. The lowest BCUT2D eigenvalue weighted by Crippen LogP contribution is -2.32. The lowest BCUT2D eigenvalue weighted by molar-refractivity contribution is 0.250. The van der Waals surface area contributed by atoms with Gasteiger partial charge in [0.15, 0.2) is 0 Å². The van der Waals surface area contributed by atoms with Crippen molar-refractivity contribution in [1.82, 2.24) is 0 Å². The second-order valence-corrected chi connectivity index (χ2v) is 4.73. The van der Waals surface area contributed by atoms with Crippen LogP contribution in [0.25, 0.3) is 0 Å². The Hall–Kier alpha value is -1.12. The fourth-order valence-corrected chi connectivity index (χ4v) is 2.86. The first-order chi connectivity index (χ1) is 7.73. The maximum Gasteiger partial charge on any atom is 0.235 e. The van der Waals surface area contributed by atoms with Crippen molar-refractivity contribution >= 4 is 17.8 Å². The third-order valence-corrected chi connectivity index (χ3v) is 3.94. The van der Waals surface area contributed by atoms with Crippen molar-refractivity contribution in [3.8, 4) is 0 Å². The molecule has 0 unspecified atom stereocenters. The molecule has 0 saturated heterocycles. The van der Waals surface area contributed by atoms with Gasteiger partial charge in [0, 0.05) is 4.90 Å². The summed E-state index contributed by atoms with van der Waals surface area (Å²) in [5.41, 5.74) is 0.317. The molecule has 1 fully saturated rings. The van der Waals surface area contributed by atoms with Gasteiger partial charge < -0.3 is 0 Å². The normalized spacial score (nSPS) is 17.4. The molecule has 0 amide bonds. The smallest absolute Gasteiger partial charge is 0.211 e. The molecule has 0 atom stereocenters. The quantitative estimate of drug-likeness (QED) is 0.459. The van der Waals surface area contributed by atoms with Crippen LogP contribution in [0.15, 0.2) is 28.1 Å². The summed E-state index contributed by atoms with van der Waals surface area (Å²) < 4.78 is 13.6. The number of isocyanates is 1. The molecular weight excluding hydrogens is 225 g/mol. The summed E-state index contributed by atoms with van der Waals surface area (Å²) in [6.45, 7) is 0. The molecule has 84 valence electrons. The van der Waals surface area contributed by atoms with Crippen LogP contribution < -0.4 is 0 Å². The number of rotatable bonds is 3. The summed E-state index contributed by atoms with van der Waals surface area (Å²) in [6.07, 6.45) is 6.09. The van der Waals surface area contributed by atoms with E-state index in [0.717, 1.165) is 24.8 Å². The Morgan fingerprint density at radius 1 is 1.50 bits per heavy atom. The average Bonchev–Trinajstić information content (AvgIpc) is 2.23. The van der Waals surface area contributed by atoms with Gasteiger partial charge in [0.05, 0.1) is 5.54 Å². The molecule has 0 bridgehead atoms. The molecular formula is C12H12FNOS. The van der Waals surface area contributed by atoms with Crippen LogP contribution >= 0.6 is 11.8 Å². The van der Waals surface area contributed by atoms with Gasteiger partial charge in [-0.15, -0.1) is 11.8 Å². The number of aliphatic imine (C=N–C) groups is 1. The Labute approximate surface area is 98.0 Å². The van der Waals surface area contributed by atoms with E-state index in [2.05, 4.69) is 4.99 Å². The topological polar surface area (TPSA) is 29.4 Å². The van der Waals surface area contributed by atoms with Crippen LogP contribution in [0, 0.1) is 5.82 Å². The van der Waals surface area contributed by atoms with Gasteiger partial charge in [0.25, 0.3) is 0 Å². The highest BCUT2D eigenvalue weighted by Crippen LogP contribution is 2.47. The second-order valence-electron chi connectivity index (χ2n) is 3.91. The molecule has 4 heteroatoms. The van der Waals surface area contributed by atoms with Gasteiger partial charge in [-0.2, -0.15) is 4.99 Å². The standard InChI is InChI=1S/C12H12FNOS/c1-16-11-9(4-2-5-10(11)13)12(14-8-15)6-3-7-12/h2,4-5H,3,6-7H2,1H3. The highest BCUT2D eigenvalue weighted by atomic mass is 32.2. The average molecular weight is 237 g/mol. The monoisotopic (exact) mass is 237 g/mol. The molecule has 0 radical (unpaired) electrons. The van der Waals surface area contributed by atoms with Gasteiger partial charge in [-0.05, 0) is 37.1 Å². The fourth-order valence-electron chi connectivity index (χ4n) is 2.12. The van der Waals surface area contributed by atoms with Crippen LogP contribution in [0.5, 0.6) is 0 Å². The molecule has 0 N–H and O–H groups in total. The summed E-state index contributed by atoms with van der Waals surface area (Å²) in [6, 6.07) is 4.96. The first kappa shape index (κ1) is 11.4. The van der Waals surface area contributed by atoms with Crippen molar-refractivity contribution in [2.24, 2.45) is 4.99 Å². The van der Waals surface area contributed by atoms with Gasteiger partial charge in [-0.3, -0.25) is 0 Å². The van der Waals surface area contributed by atoms with Crippen molar-refractivity contribution in [1.29, 1.82) is 0 Å². The van der Waals surface area contributed by atoms with E-state index in [1.54, 1.807) is 12.1 Å². The molecule has 1 aromatic rings. The highest BCUT2D eigenvalue weighted by Gasteiger charge is 2.40. The van der Waals surface area contributed by atoms with Crippen LogP contribution in [-0.4, -0.2) is 12.3 Å². The third kappa shape index (κ3) is 1.68. The maximum absolute atomic E-state index is 13.6. The molecule has 0 spiro atoms. The van der Waals surface area contributed by atoms with Gasteiger partial charge in [-0.25, -0.2) is 9.18 Å². The first-order valence-corrected chi connectivity index (χ1v) is 6.38. The van der Waals surface area contributed by atoms with E-state index in [4.69, 9.17) is 0 Å². The molecule has 0 heterocycles. The number of hydrogen-bond acceptors (Lipinski definition) is 3. The first-order valence-electron chi connectivity index (χ1n) is 5.15. The summed E-state index contributed by atoms with van der Waals surface area (Å²) in [5.74, 6) is -0.239. The van der Waals surface area contributed by atoms with E-state index in [1.807, 2.05) is 12.3 Å². The number of hydrogen-bond donors (Lipinski definition) is 0. The Balaban J connectivity index is 2.54. The van der Waals surface area contributed by atoms with E-state index < -0.39 is 5.54 Å². The van der Waals surface area contributed by atoms with Crippen LogP contribution in [0.4, 0.5) is 4.39 Å². The Morgan fingerprint density at radius 3 is 2.75 bits per heavy atom. The number of halogens is 1. The van der Waals surface area contributed by atoms with Gasteiger partial charge in [0.2, 0.25) is 6.08 Å². The SMILES string of the molecule is CSc1c(F)cccc1C1(N=C=O)CCC1. The molecule has 1 aliphatic rings. The third-order valence-electron chi connectivity index (χ3n) is 3.11. The van der Waals surface area contributed by atoms with Crippen molar-refractivity contribution in [3.05, 3.63) is 29.6 Å². The minimum atomic E-state index is -0.512. The zero-order valence-corrected chi connectivity index (χ0v) is 9.81. The largest absolute Gasteiger partial charge is 0.235 e. The minimum Gasteiger partial charge on any atom is -0.211 e. The molecule has 1 aromatic carbocycles. The van der Waals surface area contributed by atoms with Gasteiger partial charge in [-0.1, -0.05) is 12.1 Å². The summed E-state index contributed by atoms with van der Waals surface area (Å²) >= 11 is 1.36. The minimum absolute atomic E-state index is 0.239. The summed E-state index contributed by atoms with van der Waals surface area (Å²) in [7, 11) is 0. The Morgan fingerprint density at radius 2 is 2.25 bits per heavy atom. The van der Waals surface area contributed by atoms with E-state index in [1.165, 1.54) is 17.8 Å². The van der Waals surface area contributed by atoms with Crippen LogP contribution in [0.1, 0.15) is 24.8 Å². The number of nitrogens with zero attached hydrogens (tertiary/aromatic N) is 1.